The minimum Gasteiger partial charge on any atom is -0.478 e. The number of amides is 2. The molecule has 1 aromatic heterocycles. The van der Waals surface area contributed by atoms with Gasteiger partial charge in [0.1, 0.15) is 24.2 Å². The van der Waals surface area contributed by atoms with Crippen LogP contribution in [0, 0.1) is 5.41 Å². The third-order valence-corrected chi connectivity index (χ3v) is 8.73. The average Bonchev–Trinajstić information content (AvgIpc) is 3.29. The predicted molar refractivity (Wildman–Crippen MR) is 154 cm³/mol. The first-order valence-electron chi connectivity index (χ1n) is 14.4. The van der Waals surface area contributed by atoms with Gasteiger partial charge in [0, 0.05) is 25.0 Å². The van der Waals surface area contributed by atoms with Gasteiger partial charge in [0.15, 0.2) is 0 Å². The largest absolute Gasteiger partial charge is 0.478 e. The number of fused-ring (bicyclic) bond motifs is 3. The lowest BCUT2D eigenvalue weighted by atomic mass is 9.92. The summed E-state index contributed by atoms with van der Waals surface area (Å²) in [5.41, 5.74) is 3.91. The van der Waals surface area contributed by atoms with Crippen LogP contribution in [0.1, 0.15) is 73.2 Å². The van der Waals surface area contributed by atoms with Crippen LogP contribution in [0.25, 0.3) is 11.1 Å². The van der Waals surface area contributed by atoms with Gasteiger partial charge in [-0.15, -0.1) is 0 Å². The van der Waals surface area contributed by atoms with E-state index in [1.54, 1.807) is 9.80 Å². The number of hydrogen-bond donors (Lipinski definition) is 1. The van der Waals surface area contributed by atoms with Gasteiger partial charge in [0.05, 0.1) is 12.1 Å². The Kier molecular flexibility index (Phi) is 6.99. The Morgan fingerprint density at radius 1 is 1.02 bits per heavy atom. The molecule has 0 bridgehead atoms. The number of ether oxygens (including phenoxy) is 2. The Labute approximate surface area is 245 Å². The smallest absolute Gasteiger partial charge is 0.410 e. The highest BCUT2D eigenvalue weighted by Gasteiger charge is 2.59. The molecule has 1 aliphatic heterocycles. The van der Waals surface area contributed by atoms with E-state index in [1.807, 2.05) is 45.0 Å². The van der Waals surface area contributed by atoms with E-state index in [1.165, 1.54) is 12.3 Å². The first-order valence-corrected chi connectivity index (χ1v) is 14.4. The van der Waals surface area contributed by atoms with E-state index in [9.17, 15) is 19.5 Å². The van der Waals surface area contributed by atoms with Crippen LogP contribution in [0.5, 0.6) is 0 Å². The molecule has 2 aromatic carbocycles. The lowest BCUT2D eigenvalue weighted by Gasteiger charge is -2.35. The number of aromatic carboxylic acids is 1. The average molecular weight is 573 g/mol. The maximum atomic E-state index is 13.8. The van der Waals surface area contributed by atoms with Gasteiger partial charge in [0.2, 0.25) is 0 Å². The number of furan rings is 1. The third kappa shape index (κ3) is 5.35. The summed E-state index contributed by atoms with van der Waals surface area (Å²) < 4.78 is 17.1. The Morgan fingerprint density at radius 3 is 2.21 bits per heavy atom. The Morgan fingerprint density at radius 2 is 1.64 bits per heavy atom. The molecule has 1 N–H and O–H groups in total. The maximum Gasteiger partial charge on any atom is 0.410 e. The molecule has 220 valence electrons. The Bertz CT molecular complexity index is 1470. The van der Waals surface area contributed by atoms with Crippen molar-refractivity contribution in [3.63, 3.8) is 0 Å². The van der Waals surface area contributed by atoms with Crippen molar-refractivity contribution in [3.05, 3.63) is 83.3 Å². The van der Waals surface area contributed by atoms with Crippen LogP contribution in [-0.2, 0) is 16.0 Å². The molecule has 6 rings (SSSR count). The zero-order valence-corrected chi connectivity index (χ0v) is 24.2. The van der Waals surface area contributed by atoms with Crippen molar-refractivity contribution in [2.24, 2.45) is 5.41 Å². The quantitative estimate of drug-likeness (QED) is 0.358. The standard InChI is InChI=1S/C33H36N2O7/c1-32(2,3)42-30(38)34-14-12-33(13-15-34)17-28(33)35(18-22-16-21(19-40-22)29(36)37)31(39)41-20-27-25-10-6-4-8-23(25)24-9-5-7-11-26(24)27/h4-11,16,19,27-28H,12-15,17-18,20H2,1-3H3,(H,36,37). The van der Waals surface area contributed by atoms with E-state index in [-0.39, 0.29) is 42.2 Å². The van der Waals surface area contributed by atoms with Crippen molar-refractivity contribution in [1.29, 1.82) is 0 Å². The number of hydrogen-bond acceptors (Lipinski definition) is 6. The molecule has 42 heavy (non-hydrogen) atoms. The monoisotopic (exact) mass is 572 g/mol. The summed E-state index contributed by atoms with van der Waals surface area (Å²) in [7, 11) is 0. The molecule has 2 fully saturated rings. The lowest BCUT2D eigenvalue weighted by molar-refractivity contribution is 0.0150. The summed E-state index contributed by atoms with van der Waals surface area (Å²) in [5.74, 6) is -0.778. The number of rotatable bonds is 6. The highest BCUT2D eigenvalue weighted by atomic mass is 16.6. The van der Waals surface area contributed by atoms with E-state index >= 15 is 0 Å². The van der Waals surface area contributed by atoms with Crippen LogP contribution in [0.4, 0.5) is 9.59 Å². The zero-order valence-electron chi connectivity index (χ0n) is 24.2. The molecule has 2 amide bonds. The fourth-order valence-electron chi connectivity index (χ4n) is 6.49. The summed E-state index contributed by atoms with van der Waals surface area (Å²) in [6.07, 6.45) is 2.67. The summed E-state index contributed by atoms with van der Waals surface area (Å²) in [6.45, 7) is 6.94. The molecule has 2 aliphatic carbocycles. The van der Waals surface area contributed by atoms with Gasteiger partial charge in [-0.1, -0.05) is 48.5 Å². The van der Waals surface area contributed by atoms with E-state index in [0.29, 0.717) is 18.8 Å². The van der Waals surface area contributed by atoms with Crippen molar-refractivity contribution >= 4 is 18.2 Å². The molecule has 3 aliphatic rings. The molecular formula is C33H36N2O7. The molecule has 1 unspecified atom stereocenters. The van der Waals surface area contributed by atoms with Crippen LogP contribution in [0.15, 0.2) is 65.3 Å². The maximum absolute atomic E-state index is 13.8. The zero-order chi connectivity index (χ0) is 29.6. The molecule has 3 aromatic rings. The summed E-state index contributed by atoms with van der Waals surface area (Å²) in [4.78, 5) is 41.2. The van der Waals surface area contributed by atoms with E-state index in [4.69, 9.17) is 13.9 Å². The van der Waals surface area contributed by atoms with Crippen LogP contribution in [0.3, 0.4) is 0 Å². The van der Waals surface area contributed by atoms with Gasteiger partial charge in [-0.2, -0.15) is 0 Å². The summed E-state index contributed by atoms with van der Waals surface area (Å²) in [6, 6.07) is 17.7. The fraction of sp³-hybridized carbons (Fsp3) is 0.424. The van der Waals surface area contributed by atoms with Crippen molar-refractivity contribution in [2.45, 2.75) is 64.1 Å². The second kappa shape index (κ2) is 10.5. The first kappa shape index (κ1) is 27.9. The highest BCUT2D eigenvalue weighted by Crippen LogP contribution is 2.57. The molecule has 9 nitrogen and oxygen atoms in total. The van der Waals surface area contributed by atoms with Gasteiger partial charge in [-0.3, -0.25) is 4.90 Å². The molecule has 1 spiro atoms. The van der Waals surface area contributed by atoms with Gasteiger partial charge in [0.25, 0.3) is 0 Å². The highest BCUT2D eigenvalue weighted by molar-refractivity contribution is 5.87. The minimum absolute atomic E-state index is 0.0358. The Hall–Kier alpha value is -4.27. The number of carbonyl (C=O) groups is 3. The molecule has 9 heteroatoms. The van der Waals surface area contributed by atoms with Crippen LogP contribution in [0.2, 0.25) is 0 Å². The minimum atomic E-state index is -1.09. The third-order valence-electron chi connectivity index (χ3n) is 8.73. The van der Waals surface area contributed by atoms with Crippen LogP contribution >= 0.6 is 0 Å². The number of carboxylic acid groups (broad SMARTS) is 1. The number of nitrogens with zero attached hydrogens (tertiary/aromatic N) is 2. The van der Waals surface area contributed by atoms with Gasteiger partial charge in [-0.25, -0.2) is 14.4 Å². The number of carboxylic acids is 1. The fourth-order valence-corrected chi connectivity index (χ4v) is 6.49. The summed E-state index contributed by atoms with van der Waals surface area (Å²) in [5, 5.41) is 9.36. The van der Waals surface area contributed by atoms with Gasteiger partial charge >= 0.3 is 18.2 Å². The number of piperidine rings is 1. The molecule has 1 saturated carbocycles. The summed E-state index contributed by atoms with van der Waals surface area (Å²) >= 11 is 0. The molecule has 1 atom stereocenters. The molecule has 0 radical (unpaired) electrons. The number of likely N-dealkylation sites (tertiary alicyclic amines) is 1. The van der Waals surface area contributed by atoms with Crippen molar-refractivity contribution in [3.8, 4) is 11.1 Å². The van der Waals surface area contributed by atoms with Gasteiger partial charge in [-0.05, 0) is 73.8 Å². The molecular weight excluding hydrogens is 536 g/mol. The number of benzene rings is 2. The van der Waals surface area contributed by atoms with Crippen LogP contribution in [-0.4, -0.2) is 64.4 Å². The van der Waals surface area contributed by atoms with Crippen molar-refractivity contribution in [2.75, 3.05) is 19.7 Å². The van der Waals surface area contributed by atoms with Gasteiger partial charge < -0.3 is 23.9 Å². The number of carbonyl (C=O) groups excluding carboxylic acids is 2. The lowest BCUT2D eigenvalue weighted by Crippen LogP contribution is -2.44. The Balaban J connectivity index is 1.18. The normalized spacial score (nSPS) is 18.7. The predicted octanol–water partition coefficient (Wildman–Crippen LogP) is 6.52. The molecule has 2 heterocycles. The van der Waals surface area contributed by atoms with E-state index in [2.05, 4.69) is 24.3 Å². The second-order valence-corrected chi connectivity index (χ2v) is 12.6. The van der Waals surface area contributed by atoms with Crippen LogP contribution < -0.4 is 0 Å². The van der Waals surface area contributed by atoms with E-state index < -0.39 is 17.7 Å². The molecule has 1 saturated heterocycles. The second-order valence-electron chi connectivity index (χ2n) is 12.6. The SMILES string of the molecule is CC(C)(C)OC(=O)N1CCC2(CC1)CC2N(Cc1cc(C(=O)O)co1)C(=O)OCC1c2ccccc2-c2ccccc21. The van der Waals surface area contributed by atoms with E-state index in [0.717, 1.165) is 41.5 Å². The topological polar surface area (TPSA) is 110 Å². The van der Waals surface area contributed by atoms with Crippen molar-refractivity contribution < 1.29 is 33.4 Å². The first-order chi connectivity index (χ1) is 20.0. The van der Waals surface area contributed by atoms with Crippen molar-refractivity contribution in [1.82, 2.24) is 9.80 Å².